The average molecular weight is 260 g/mol. The number of hydrogen-bond donors (Lipinski definition) is 2. The fourth-order valence-corrected chi connectivity index (χ4v) is 2.03. The minimum absolute atomic E-state index is 0.265. The maximum Gasteiger partial charge on any atom is 0.308 e. The number of nitrogens with one attached hydrogen (secondary N) is 1. The molecule has 100 valence electrons. The van der Waals surface area contributed by atoms with E-state index in [-0.39, 0.29) is 12.0 Å². The molecule has 0 saturated carbocycles. The van der Waals surface area contributed by atoms with Crippen LogP contribution in [0.15, 0.2) is 23.0 Å². The van der Waals surface area contributed by atoms with E-state index in [4.69, 9.17) is 5.11 Å². The van der Waals surface area contributed by atoms with Gasteiger partial charge in [-0.3, -0.25) is 19.4 Å². The van der Waals surface area contributed by atoms with Crippen molar-refractivity contribution in [3.8, 4) is 5.69 Å². The molecule has 19 heavy (non-hydrogen) atoms. The maximum atomic E-state index is 11.8. The second-order valence-electron chi connectivity index (χ2n) is 4.68. The van der Waals surface area contributed by atoms with E-state index in [1.807, 2.05) is 32.0 Å². The summed E-state index contributed by atoms with van der Waals surface area (Å²) in [5, 5.41) is 11.5. The Hall–Kier alpha value is -2.30. The Balaban J connectivity index is 2.54. The van der Waals surface area contributed by atoms with E-state index in [1.165, 1.54) is 5.56 Å². The van der Waals surface area contributed by atoms with Crippen molar-refractivity contribution in [2.45, 2.75) is 27.2 Å². The van der Waals surface area contributed by atoms with Crippen LogP contribution in [0.5, 0.6) is 0 Å². The predicted molar refractivity (Wildman–Crippen MR) is 71.9 cm³/mol. The van der Waals surface area contributed by atoms with E-state index in [9.17, 15) is 9.59 Å². The molecule has 0 amide bonds. The second kappa shape index (κ2) is 4.76. The standard InChI is InChI=1S/C14H16N2O3/c1-8-4-5-11(6-9(8)2)16-10(3)12(7-13(17)18)14(19)15-16/h4-6H,7H2,1-3H3,(H,15,19)(H,17,18). The highest BCUT2D eigenvalue weighted by Gasteiger charge is 2.15. The first-order valence-electron chi connectivity index (χ1n) is 6.00. The summed E-state index contributed by atoms with van der Waals surface area (Å²) in [4.78, 5) is 22.5. The Morgan fingerprint density at radius 3 is 2.53 bits per heavy atom. The maximum absolute atomic E-state index is 11.8. The predicted octanol–water partition coefficient (Wildman–Crippen LogP) is 1.72. The van der Waals surface area contributed by atoms with Gasteiger partial charge >= 0.3 is 5.97 Å². The van der Waals surface area contributed by atoms with E-state index >= 15 is 0 Å². The lowest BCUT2D eigenvalue weighted by Gasteiger charge is -2.08. The molecular formula is C14H16N2O3. The molecule has 0 aliphatic carbocycles. The number of benzene rings is 1. The van der Waals surface area contributed by atoms with Gasteiger partial charge in [0.2, 0.25) is 0 Å². The van der Waals surface area contributed by atoms with Gasteiger partial charge in [0.25, 0.3) is 5.56 Å². The molecule has 0 spiro atoms. The molecule has 0 bridgehead atoms. The quantitative estimate of drug-likeness (QED) is 0.882. The van der Waals surface area contributed by atoms with Gasteiger partial charge in [0, 0.05) is 5.69 Å². The average Bonchev–Trinajstić information content (AvgIpc) is 2.60. The summed E-state index contributed by atoms with van der Waals surface area (Å²) in [5.41, 5.74) is 3.70. The summed E-state index contributed by atoms with van der Waals surface area (Å²) >= 11 is 0. The lowest BCUT2D eigenvalue weighted by atomic mass is 10.1. The van der Waals surface area contributed by atoms with Gasteiger partial charge in [0.05, 0.1) is 17.7 Å². The molecule has 0 unspecified atom stereocenters. The zero-order chi connectivity index (χ0) is 14.2. The molecule has 2 aromatic rings. The van der Waals surface area contributed by atoms with E-state index in [0.717, 1.165) is 11.3 Å². The van der Waals surface area contributed by atoms with E-state index in [1.54, 1.807) is 11.6 Å². The van der Waals surface area contributed by atoms with Crippen LogP contribution in [0.25, 0.3) is 5.69 Å². The van der Waals surface area contributed by atoms with Gasteiger partial charge in [0.15, 0.2) is 0 Å². The monoisotopic (exact) mass is 260 g/mol. The molecule has 0 aliphatic rings. The summed E-state index contributed by atoms with van der Waals surface area (Å²) in [7, 11) is 0. The number of nitrogens with zero attached hydrogens (tertiary/aromatic N) is 1. The summed E-state index contributed by atoms with van der Waals surface area (Å²) in [6.07, 6.45) is -0.265. The number of aryl methyl sites for hydroxylation is 2. The highest BCUT2D eigenvalue weighted by Crippen LogP contribution is 2.16. The number of carboxylic acid groups (broad SMARTS) is 1. The first kappa shape index (κ1) is 13.1. The molecule has 1 aromatic heterocycles. The number of aromatic amines is 1. The van der Waals surface area contributed by atoms with Gasteiger partial charge in [-0.2, -0.15) is 0 Å². The van der Waals surface area contributed by atoms with E-state index in [2.05, 4.69) is 5.10 Å². The molecule has 1 heterocycles. The smallest absolute Gasteiger partial charge is 0.308 e. The lowest BCUT2D eigenvalue weighted by Crippen LogP contribution is -2.11. The minimum atomic E-state index is -1.01. The van der Waals surface area contributed by atoms with Crippen LogP contribution in [-0.2, 0) is 11.2 Å². The van der Waals surface area contributed by atoms with Crippen molar-refractivity contribution in [2.24, 2.45) is 0 Å². The minimum Gasteiger partial charge on any atom is -0.481 e. The van der Waals surface area contributed by atoms with Gasteiger partial charge in [0.1, 0.15) is 0 Å². The SMILES string of the molecule is Cc1ccc(-n2[nH]c(=O)c(CC(=O)O)c2C)cc1C. The van der Waals surface area contributed by atoms with Gasteiger partial charge in [-0.15, -0.1) is 0 Å². The van der Waals surface area contributed by atoms with Crippen LogP contribution in [0, 0.1) is 20.8 Å². The highest BCUT2D eigenvalue weighted by atomic mass is 16.4. The van der Waals surface area contributed by atoms with E-state index in [0.29, 0.717) is 11.3 Å². The summed E-state index contributed by atoms with van der Waals surface area (Å²) in [5.74, 6) is -1.01. The van der Waals surface area contributed by atoms with Crippen LogP contribution in [-0.4, -0.2) is 20.9 Å². The molecule has 0 aliphatic heterocycles. The van der Waals surface area contributed by atoms with Crippen LogP contribution < -0.4 is 5.56 Å². The van der Waals surface area contributed by atoms with E-state index < -0.39 is 5.97 Å². The summed E-state index contributed by atoms with van der Waals surface area (Å²) in [6, 6.07) is 5.83. The summed E-state index contributed by atoms with van der Waals surface area (Å²) in [6.45, 7) is 5.75. The van der Waals surface area contributed by atoms with Gasteiger partial charge in [-0.25, -0.2) is 0 Å². The van der Waals surface area contributed by atoms with Crippen molar-refractivity contribution >= 4 is 5.97 Å². The van der Waals surface area contributed by atoms with Crippen molar-refractivity contribution in [2.75, 3.05) is 0 Å². The number of H-pyrrole nitrogens is 1. The first-order valence-corrected chi connectivity index (χ1v) is 6.00. The van der Waals surface area contributed by atoms with Gasteiger partial charge in [-0.05, 0) is 44.0 Å². The Bertz CT molecular complexity index is 695. The Labute approximate surface area is 110 Å². The number of hydrogen-bond acceptors (Lipinski definition) is 2. The van der Waals surface area contributed by atoms with Crippen LogP contribution in [0.2, 0.25) is 0 Å². The summed E-state index contributed by atoms with van der Waals surface area (Å²) < 4.78 is 1.63. The van der Waals surface area contributed by atoms with Crippen LogP contribution in [0.1, 0.15) is 22.4 Å². The molecule has 0 radical (unpaired) electrons. The fraction of sp³-hybridized carbons (Fsp3) is 0.286. The van der Waals surface area contributed by atoms with Crippen molar-refractivity contribution < 1.29 is 9.90 Å². The Morgan fingerprint density at radius 2 is 1.95 bits per heavy atom. The first-order chi connectivity index (χ1) is 8.90. The lowest BCUT2D eigenvalue weighted by molar-refractivity contribution is -0.136. The number of aromatic nitrogens is 2. The molecule has 2 rings (SSSR count). The number of rotatable bonds is 3. The normalized spacial score (nSPS) is 10.7. The highest BCUT2D eigenvalue weighted by molar-refractivity contribution is 5.70. The molecule has 5 heteroatoms. The fourth-order valence-electron chi connectivity index (χ4n) is 2.03. The largest absolute Gasteiger partial charge is 0.481 e. The zero-order valence-corrected chi connectivity index (χ0v) is 11.2. The molecule has 1 aromatic carbocycles. The third-order valence-electron chi connectivity index (χ3n) is 3.34. The van der Waals surface area contributed by atoms with Gasteiger partial charge in [-0.1, -0.05) is 6.07 Å². The molecule has 2 N–H and O–H groups in total. The second-order valence-corrected chi connectivity index (χ2v) is 4.68. The van der Waals surface area contributed by atoms with Crippen LogP contribution in [0.3, 0.4) is 0 Å². The van der Waals surface area contributed by atoms with Crippen LogP contribution >= 0.6 is 0 Å². The third-order valence-corrected chi connectivity index (χ3v) is 3.34. The van der Waals surface area contributed by atoms with Crippen LogP contribution in [0.4, 0.5) is 0 Å². The zero-order valence-electron chi connectivity index (χ0n) is 11.2. The number of carbonyl (C=O) groups is 1. The molecule has 0 saturated heterocycles. The number of aliphatic carboxylic acids is 1. The Kier molecular flexibility index (Phi) is 3.29. The third kappa shape index (κ3) is 2.45. The molecule has 5 nitrogen and oxygen atoms in total. The Morgan fingerprint density at radius 1 is 1.26 bits per heavy atom. The number of carboxylic acids is 1. The van der Waals surface area contributed by atoms with Gasteiger partial charge < -0.3 is 5.11 Å². The van der Waals surface area contributed by atoms with Crippen molar-refractivity contribution in [1.82, 2.24) is 9.78 Å². The molecule has 0 fully saturated rings. The van der Waals surface area contributed by atoms with Crippen molar-refractivity contribution in [3.63, 3.8) is 0 Å². The topological polar surface area (TPSA) is 75.1 Å². The van der Waals surface area contributed by atoms with Crippen molar-refractivity contribution in [1.29, 1.82) is 0 Å². The van der Waals surface area contributed by atoms with Crippen molar-refractivity contribution in [3.05, 3.63) is 50.9 Å². The molecular weight excluding hydrogens is 244 g/mol. The molecule has 0 atom stereocenters.